The fourth-order valence-corrected chi connectivity index (χ4v) is 7.66. The molecule has 3 atom stereocenters. The zero-order valence-corrected chi connectivity index (χ0v) is 30.7. The van der Waals surface area contributed by atoms with Crippen molar-refractivity contribution in [1.29, 1.82) is 0 Å². The van der Waals surface area contributed by atoms with Crippen LogP contribution in [0.3, 0.4) is 0 Å². The van der Waals surface area contributed by atoms with Crippen LogP contribution in [0.2, 0.25) is 0 Å². The third-order valence-electron chi connectivity index (χ3n) is 11.0. The molecule has 3 saturated heterocycles. The third kappa shape index (κ3) is 9.20. The van der Waals surface area contributed by atoms with Crippen molar-refractivity contribution in [3.63, 3.8) is 0 Å². The lowest BCUT2D eigenvalue weighted by Gasteiger charge is -2.33. The number of likely N-dealkylation sites (tertiary alicyclic amines) is 3. The minimum atomic E-state index is -0.735. The lowest BCUT2D eigenvalue weighted by atomic mass is 9.74. The molecule has 1 saturated carbocycles. The molecule has 15 heteroatoms. The summed E-state index contributed by atoms with van der Waals surface area (Å²) in [5, 5.41) is 8.33. The van der Waals surface area contributed by atoms with Gasteiger partial charge in [-0.15, -0.1) is 0 Å². The van der Waals surface area contributed by atoms with Gasteiger partial charge in [0.15, 0.2) is 0 Å². The molecule has 51 heavy (non-hydrogen) atoms. The maximum Gasteiger partial charge on any atom is 0.233 e. The van der Waals surface area contributed by atoms with Crippen LogP contribution in [-0.4, -0.2) is 107 Å². The summed E-state index contributed by atoms with van der Waals surface area (Å²) in [6, 6.07) is 0. The van der Waals surface area contributed by atoms with E-state index in [1.54, 1.807) is 0 Å². The van der Waals surface area contributed by atoms with Crippen molar-refractivity contribution in [2.24, 2.45) is 53.3 Å². The zero-order chi connectivity index (χ0) is 37.7. The van der Waals surface area contributed by atoms with Crippen molar-refractivity contribution in [1.82, 2.24) is 30.7 Å². The molecule has 0 aromatic rings. The van der Waals surface area contributed by atoms with E-state index in [1.807, 2.05) is 41.5 Å². The van der Waals surface area contributed by atoms with E-state index in [0.717, 1.165) is 14.7 Å². The van der Waals surface area contributed by atoms with Gasteiger partial charge in [-0.25, -0.2) is 0 Å². The summed E-state index contributed by atoms with van der Waals surface area (Å²) in [6.07, 6.45) is 0.834. The first-order chi connectivity index (χ1) is 24.0. The molecule has 3 unspecified atom stereocenters. The smallest absolute Gasteiger partial charge is 0.233 e. The number of hydrogen-bond acceptors (Lipinski definition) is 9. The van der Waals surface area contributed by atoms with Crippen LogP contribution in [0, 0.1) is 53.3 Å². The first-order valence-electron chi connectivity index (χ1n) is 18.4. The molecule has 4 aliphatic rings. The number of nitrogens with zero attached hydrogens (tertiary/aromatic N) is 3. The summed E-state index contributed by atoms with van der Waals surface area (Å²) >= 11 is 0. The van der Waals surface area contributed by atoms with Gasteiger partial charge in [0, 0.05) is 94.0 Å². The molecular formula is C36H54N6O9. The molecule has 0 radical (unpaired) electrons. The first kappa shape index (κ1) is 39.6. The average molecular weight is 715 g/mol. The van der Waals surface area contributed by atoms with Crippen LogP contribution in [0.5, 0.6) is 0 Å². The van der Waals surface area contributed by atoms with Gasteiger partial charge in [-0.1, -0.05) is 41.5 Å². The SMILES string of the molecule is CC(C)C1CC(=O)N(CCNC(=O)C2CC(C(=O)NCCN3C(=O)CC(C(C)C)C3=O)CC(C(=O)NCCN3C(=O)CC(C(C)C)C3=O)C2)C1=O. The van der Waals surface area contributed by atoms with Crippen LogP contribution < -0.4 is 16.0 Å². The highest BCUT2D eigenvalue weighted by atomic mass is 16.2. The van der Waals surface area contributed by atoms with Gasteiger partial charge in [0.25, 0.3) is 0 Å². The minimum absolute atomic E-state index is 0.0102. The molecule has 0 bridgehead atoms. The topological polar surface area (TPSA) is 199 Å². The lowest BCUT2D eigenvalue weighted by molar-refractivity contribution is -0.141. The Labute approximate surface area is 299 Å². The second kappa shape index (κ2) is 16.9. The van der Waals surface area contributed by atoms with E-state index in [-0.39, 0.29) is 149 Å². The van der Waals surface area contributed by atoms with Gasteiger partial charge in [-0.2, -0.15) is 0 Å². The predicted octanol–water partition coefficient (Wildman–Crippen LogP) is 0.461. The number of imide groups is 3. The molecule has 3 N–H and O–H groups in total. The molecule has 3 heterocycles. The van der Waals surface area contributed by atoms with E-state index in [4.69, 9.17) is 0 Å². The second-order valence-electron chi connectivity index (χ2n) is 15.5. The Hall–Kier alpha value is -4.17. The summed E-state index contributed by atoms with van der Waals surface area (Å²) in [4.78, 5) is 119. The number of hydrogen-bond donors (Lipinski definition) is 3. The Morgan fingerprint density at radius 3 is 0.922 bits per heavy atom. The van der Waals surface area contributed by atoms with Gasteiger partial charge < -0.3 is 16.0 Å². The highest BCUT2D eigenvalue weighted by molar-refractivity contribution is 6.05. The monoisotopic (exact) mass is 714 g/mol. The van der Waals surface area contributed by atoms with Crippen molar-refractivity contribution in [3.8, 4) is 0 Å². The summed E-state index contributed by atoms with van der Waals surface area (Å²) in [7, 11) is 0. The van der Waals surface area contributed by atoms with Crippen molar-refractivity contribution >= 4 is 53.2 Å². The van der Waals surface area contributed by atoms with Gasteiger partial charge in [-0.3, -0.25) is 57.9 Å². The fraction of sp³-hybridized carbons (Fsp3) is 0.750. The third-order valence-corrected chi connectivity index (χ3v) is 11.0. The molecular weight excluding hydrogens is 660 g/mol. The Morgan fingerprint density at radius 1 is 0.490 bits per heavy atom. The number of carbonyl (C=O) groups is 9. The van der Waals surface area contributed by atoms with Gasteiger partial charge in [0.1, 0.15) is 0 Å². The van der Waals surface area contributed by atoms with E-state index < -0.39 is 35.5 Å². The largest absolute Gasteiger partial charge is 0.354 e. The van der Waals surface area contributed by atoms with E-state index in [1.165, 1.54) is 0 Å². The van der Waals surface area contributed by atoms with Crippen LogP contribution in [-0.2, 0) is 43.2 Å². The average Bonchev–Trinajstić information content (AvgIpc) is 3.65. The van der Waals surface area contributed by atoms with Crippen molar-refractivity contribution in [2.45, 2.75) is 80.1 Å². The maximum atomic E-state index is 13.4. The molecule has 0 aromatic carbocycles. The summed E-state index contributed by atoms with van der Waals surface area (Å²) in [6.45, 7) is 11.4. The fourth-order valence-electron chi connectivity index (χ4n) is 7.66. The first-order valence-corrected chi connectivity index (χ1v) is 18.4. The van der Waals surface area contributed by atoms with Gasteiger partial charge >= 0.3 is 0 Å². The normalized spacial score (nSPS) is 27.1. The van der Waals surface area contributed by atoms with Gasteiger partial charge in [0.05, 0.1) is 0 Å². The highest BCUT2D eigenvalue weighted by Gasteiger charge is 2.43. The quantitative estimate of drug-likeness (QED) is 0.202. The highest BCUT2D eigenvalue weighted by Crippen LogP contribution is 2.35. The number of nitrogens with one attached hydrogen (secondary N) is 3. The Bertz CT molecular complexity index is 1250. The standard InChI is InChI=1S/C36H54N6O9/c1-19(2)25-16-28(43)40(34(25)49)10-7-37-31(46)22-13-23(32(47)38-8-11-41-29(44)17-26(20(3)4)35(41)50)15-24(14-22)33(48)39-9-12-42-30(45)18-27(21(5)6)36(42)51/h19-27H,7-18H2,1-6H3,(H,37,46)(H,38,47)(H,39,48). The minimum Gasteiger partial charge on any atom is -0.354 e. The van der Waals surface area contributed by atoms with Crippen LogP contribution in [0.15, 0.2) is 0 Å². The maximum absolute atomic E-state index is 13.4. The van der Waals surface area contributed by atoms with Crippen LogP contribution in [0.1, 0.15) is 80.1 Å². The summed E-state index contributed by atoms with van der Waals surface area (Å²) in [5.41, 5.74) is 0. The summed E-state index contributed by atoms with van der Waals surface area (Å²) < 4.78 is 0. The molecule has 0 aromatic heterocycles. The van der Waals surface area contributed by atoms with Crippen molar-refractivity contribution < 1.29 is 43.2 Å². The van der Waals surface area contributed by atoms with Crippen LogP contribution in [0.4, 0.5) is 0 Å². The lowest BCUT2D eigenvalue weighted by Crippen LogP contribution is -2.47. The van der Waals surface area contributed by atoms with Crippen LogP contribution >= 0.6 is 0 Å². The summed E-state index contributed by atoms with van der Waals surface area (Å²) in [5.74, 6) is -6.20. The molecule has 4 fully saturated rings. The molecule has 15 nitrogen and oxygen atoms in total. The van der Waals surface area contributed by atoms with Crippen molar-refractivity contribution in [3.05, 3.63) is 0 Å². The zero-order valence-electron chi connectivity index (χ0n) is 30.7. The Morgan fingerprint density at radius 2 is 0.725 bits per heavy atom. The molecule has 9 amide bonds. The van der Waals surface area contributed by atoms with E-state index in [9.17, 15) is 43.2 Å². The molecule has 3 aliphatic heterocycles. The number of amides is 9. The van der Waals surface area contributed by atoms with Gasteiger partial charge in [-0.05, 0) is 37.0 Å². The molecule has 282 valence electrons. The molecule has 4 rings (SSSR count). The van der Waals surface area contributed by atoms with E-state index in [2.05, 4.69) is 16.0 Å². The van der Waals surface area contributed by atoms with Gasteiger partial charge in [0.2, 0.25) is 53.2 Å². The Kier molecular flexibility index (Phi) is 13.1. The van der Waals surface area contributed by atoms with E-state index in [0.29, 0.717) is 0 Å². The molecule has 0 spiro atoms. The molecule has 1 aliphatic carbocycles. The van der Waals surface area contributed by atoms with Crippen LogP contribution in [0.25, 0.3) is 0 Å². The van der Waals surface area contributed by atoms with Crippen molar-refractivity contribution in [2.75, 3.05) is 39.3 Å². The second-order valence-corrected chi connectivity index (χ2v) is 15.5. The number of carbonyl (C=O) groups excluding carboxylic acids is 9. The Balaban J connectivity index is 1.36. The predicted molar refractivity (Wildman–Crippen MR) is 182 cm³/mol. The van der Waals surface area contributed by atoms with E-state index >= 15 is 0 Å². The number of rotatable bonds is 15.